The molecule has 0 saturated heterocycles. The molecule has 24 heavy (non-hydrogen) atoms. The van der Waals surface area contributed by atoms with Gasteiger partial charge < -0.3 is 4.90 Å². The number of hydrogen-bond donors (Lipinski definition) is 1. The molecule has 6 heteroatoms. The fourth-order valence-electron chi connectivity index (χ4n) is 2.16. The molecule has 0 saturated carbocycles. The van der Waals surface area contributed by atoms with E-state index < -0.39 is 0 Å². The van der Waals surface area contributed by atoms with Crippen LogP contribution in [0.1, 0.15) is 23.3 Å². The van der Waals surface area contributed by atoms with Gasteiger partial charge in [-0.15, -0.1) is 11.3 Å². The van der Waals surface area contributed by atoms with E-state index in [0.29, 0.717) is 13.0 Å². The Balaban J connectivity index is 1.57. The molecule has 0 fully saturated rings. The number of thiophene rings is 1. The predicted octanol–water partition coefficient (Wildman–Crippen LogP) is 2.78. The van der Waals surface area contributed by atoms with Crippen molar-refractivity contribution in [2.75, 3.05) is 13.7 Å². The topological polar surface area (TPSA) is 58.6 Å². The van der Waals surface area contributed by atoms with Crippen LogP contribution < -0.4 is 5.48 Å². The lowest BCUT2D eigenvalue weighted by molar-refractivity contribution is -0.144. The van der Waals surface area contributed by atoms with Crippen LogP contribution in [-0.4, -0.2) is 30.4 Å². The van der Waals surface area contributed by atoms with Crippen LogP contribution in [0.2, 0.25) is 0 Å². The zero-order valence-electron chi connectivity index (χ0n) is 13.7. The Kier molecular flexibility index (Phi) is 7.45. The highest BCUT2D eigenvalue weighted by Gasteiger charge is 2.11. The van der Waals surface area contributed by atoms with Gasteiger partial charge in [-0.3, -0.25) is 14.4 Å². The number of benzene rings is 1. The number of hydroxylamine groups is 1. The number of carbonyl (C=O) groups excluding carboxylic acids is 2. The molecule has 1 heterocycles. The monoisotopic (exact) mass is 346 g/mol. The standard InChI is InChI=1S/C18H22N2O3S/c1-20(13-16-10-6-12-24-16)18(22)14-23-19-17(21)11-5-9-15-7-3-2-4-8-15/h2-4,6-8,10,12H,5,9,11,13-14H2,1H3,(H,19,21). The Labute approximate surface area is 146 Å². The molecule has 1 N–H and O–H groups in total. The van der Waals surface area contributed by atoms with Crippen molar-refractivity contribution in [3.8, 4) is 0 Å². The molecule has 0 spiro atoms. The summed E-state index contributed by atoms with van der Waals surface area (Å²) < 4.78 is 0. The molecule has 2 amide bonds. The van der Waals surface area contributed by atoms with Gasteiger partial charge >= 0.3 is 0 Å². The number of nitrogens with zero attached hydrogens (tertiary/aromatic N) is 1. The SMILES string of the molecule is CN(Cc1cccs1)C(=O)CONC(=O)CCCc1ccccc1. The van der Waals surface area contributed by atoms with Crippen molar-refractivity contribution >= 4 is 23.2 Å². The molecule has 0 bridgehead atoms. The first-order chi connectivity index (χ1) is 11.6. The molecule has 1 aromatic heterocycles. The summed E-state index contributed by atoms with van der Waals surface area (Å²) in [5.74, 6) is -0.382. The van der Waals surface area contributed by atoms with E-state index in [0.717, 1.165) is 17.7 Å². The van der Waals surface area contributed by atoms with E-state index in [4.69, 9.17) is 4.84 Å². The second kappa shape index (κ2) is 9.85. The summed E-state index contributed by atoms with van der Waals surface area (Å²) in [5.41, 5.74) is 3.53. The van der Waals surface area contributed by atoms with Crippen LogP contribution >= 0.6 is 11.3 Å². The summed E-state index contributed by atoms with van der Waals surface area (Å²) in [6.07, 6.45) is 1.95. The number of rotatable bonds is 9. The van der Waals surface area contributed by atoms with E-state index in [1.54, 1.807) is 23.3 Å². The van der Waals surface area contributed by atoms with Crippen molar-refractivity contribution in [3.05, 3.63) is 58.3 Å². The van der Waals surface area contributed by atoms with Gasteiger partial charge in [0.25, 0.3) is 5.91 Å². The summed E-state index contributed by atoms with van der Waals surface area (Å²) >= 11 is 1.60. The smallest absolute Gasteiger partial charge is 0.251 e. The first-order valence-corrected chi connectivity index (χ1v) is 8.74. The maximum atomic E-state index is 11.9. The second-order valence-electron chi connectivity index (χ2n) is 5.48. The molecule has 5 nitrogen and oxygen atoms in total. The predicted molar refractivity (Wildman–Crippen MR) is 94.3 cm³/mol. The van der Waals surface area contributed by atoms with E-state index in [9.17, 15) is 9.59 Å². The number of nitrogens with one attached hydrogen (secondary N) is 1. The molecule has 0 aliphatic rings. The molecule has 2 rings (SSSR count). The largest absolute Gasteiger partial charge is 0.339 e. The fourth-order valence-corrected chi connectivity index (χ4v) is 2.92. The van der Waals surface area contributed by atoms with Crippen LogP contribution in [0.4, 0.5) is 0 Å². The number of aryl methyl sites for hydroxylation is 1. The van der Waals surface area contributed by atoms with Crippen molar-refractivity contribution in [1.82, 2.24) is 10.4 Å². The van der Waals surface area contributed by atoms with E-state index in [1.807, 2.05) is 47.8 Å². The molecule has 0 aliphatic carbocycles. The van der Waals surface area contributed by atoms with Gasteiger partial charge in [-0.2, -0.15) is 0 Å². The van der Waals surface area contributed by atoms with Crippen LogP contribution in [0.3, 0.4) is 0 Å². The maximum Gasteiger partial charge on any atom is 0.251 e. The van der Waals surface area contributed by atoms with Crippen LogP contribution in [0.25, 0.3) is 0 Å². The number of hydrogen-bond acceptors (Lipinski definition) is 4. The molecule has 0 unspecified atom stereocenters. The Morgan fingerprint density at radius 1 is 1.17 bits per heavy atom. The lowest BCUT2D eigenvalue weighted by Gasteiger charge is -2.16. The maximum absolute atomic E-state index is 11.9. The van der Waals surface area contributed by atoms with E-state index in [-0.39, 0.29) is 18.4 Å². The van der Waals surface area contributed by atoms with Crippen molar-refractivity contribution in [3.63, 3.8) is 0 Å². The summed E-state index contributed by atoms with van der Waals surface area (Å²) in [6.45, 7) is 0.386. The first kappa shape index (κ1) is 18.2. The van der Waals surface area contributed by atoms with Crippen LogP contribution in [0, 0.1) is 0 Å². The fraction of sp³-hybridized carbons (Fsp3) is 0.333. The Morgan fingerprint density at radius 2 is 1.96 bits per heavy atom. The van der Waals surface area contributed by atoms with Gasteiger partial charge in [-0.25, -0.2) is 5.48 Å². The second-order valence-corrected chi connectivity index (χ2v) is 6.51. The van der Waals surface area contributed by atoms with Crippen LogP contribution in [0.15, 0.2) is 47.8 Å². The zero-order chi connectivity index (χ0) is 17.2. The molecular formula is C18H22N2O3S. The van der Waals surface area contributed by atoms with Gasteiger partial charge in [0.1, 0.15) is 0 Å². The molecular weight excluding hydrogens is 324 g/mol. The summed E-state index contributed by atoms with van der Waals surface area (Å²) in [6, 6.07) is 13.9. The van der Waals surface area contributed by atoms with Gasteiger partial charge in [-0.05, 0) is 29.9 Å². The van der Waals surface area contributed by atoms with Gasteiger partial charge in [-0.1, -0.05) is 36.4 Å². The Hall–Kier alpha value is -2.18. The van der Waals surface area contributed by atoms with Gasteiger partial charge in [0.15, 0.2) is 6.61 Å². The molecule has 1 aromatic carbocycles. The lowest BCUT2D eigenvalue weighted by atomic mass is 10.1. The number of likely N-dealkylation sites (N-methyl/N-ethyl adjacent to an activating group) is 1. The third-order valence-electron chi connectivity index (χ3n) is 3.49. The molecule has 0 atom stereocenters. The third-order valence-corrected chi connectivity index (χ3v) is 4.35. The van der Waals surface area contributed by atoms with Gasteiger partial charge in [0, 0.05) is 18.3 Å². The summed E-state index contributed by atoms with van der Waals surface area (Å²) in [7, 11) is 1.72. The van der Waals surface area contributed by atoms with E-state index in [2.05, 4.69) is 5.48 Å². The minimum atomic E-state index is -0.209. The quantitative estimate of drug-likeness (QED) is 0.710. The molecule has 0 radical (unpaired) electrons. The Bertz CT molecular complexity index is 629. The van der Waals surface area contributed by atoms with Crippen molar-refractivity contribution < 1.29 is 14.4 Å². The summed E-state index contributed by atoms with van der Waals surface area (Å²) in [4.78, 5) is 31.3. The Morgan fingerprint density at radius 3 is 2.67 bits per heavy atom. The van der Waals surface area contributed by atoms with E-state index in [1.165, 1.54) is 5.56 Å². The highest BCUT2D eigenvalue weighted by Crippen LogP contribution is 2.10. The van der Waals surface area contributed by atoms with Gasteiger partial charge in [0.2, 0.25) is 5.91 Å². The van der Waals surface area contributed by atoms with Crippen molar-refractivity contribution in [2.24, 2.45) is 0 Å². The molecule has 2 aromatic rings. The van der Waals surface area contributed by atoms with Crippen molar-refractivity contribution in [1.29, 1.82) is 0 Å². The average molecular weight is 346 g/mol. The number of amides is 2. The third kappa shape index (κ3) is 6.52. The average Bonchev–Trinajstić information content (AvgIpc) is 3.08. The molecule has 0 aliphatic heterocycles. The zero-order valence-corrected chi connectivity index (χ0v) is 14.6. The highest BCUT2D eigenvalue weighted by molar-refractivity contribution is 7.09. The summed E-state index contributed by atoms with van der Waals surface area (Å²) in [5, 5.41) is 1.97. The number of carbonyl (C=O) groups is 2. The van der Waals surface area contributed by atoms with Gasteiger partial charge in [0.05, 0.1) is 6.54 Å². The normalized spacial score (nSPS) is 10.4. The van der Waals surface area contributed by atoms with Crippen LogP contribution in [0.5, 0.6) is 0 Å². The van der Waals surface area contributed by atoms with E-state index >= 15 is 0 Å². The minimum Gasteiger partial charge on any atom is -0.339 e. The van der Waals surface area contributed by atoms with Crippen molar-refractivity contribution in [2.45, 2.75) is 25.8 Å². The molecule has 128 valence electrons. The van der Waals surface area contributed by atoms with Crippen LogP contribution in [-0.2, 0) is 27.4 Å². The minimum absolute atomic E-state index is 0.160. The lowest BCUT2D eigenvalue weighted by Crippen LogP contribution is -2.33. The first-order valence-electron chi connectivity index (χ1n) is 7.86. The highest BCUT2D eigenvalue weighted by atomic mass is 32.1.